The highest BCUT2D eigenvalue weighted by atomic mass is 16.5. The van der Waals surface area contributed by atoms with Crippen molar-refractivity contribution in [3.63, 3.8) is 0 Å². The van der Waals surface area contributed by atoms with Gasteiger partial charge >= 0.3 is 0 Å². The summed E-state index contributed by atoms with van der Waals surface area (Å²) in [5.41, 5.74) is 4.54. The number of ether oxygens (including phenoxy) is 1. The van der Waals surface area contributed by atoms with Crippen molar-refractivity contribution >= 4 is 11.8 Å². The Balaban J connectivity index is 1.70. The number of fused-ring (bicyclic) bond motifs is 5. The molecule has 2 aliphatic heterocycles. The van der Waals surface area contributed by atoms with Gasteiger partial charge in [0.05, 0.1) is 18.3 Å². The second kappa shape index (κ2) is 5.46. The zero-order valence-electron chi connectivity index (χ0n) is 13.2. The first-order valence-electron chi connectivity index (χ1n) is 8.39. The molecular weight excluding hydrogens is 296 g/mol. The van der Waals surface area contributed by atoms with Gasteiger partial charge in [0.25, 0.3) is 0 Å². The van der Waals surface area contributed by atoms with Crippen molar-refractivity contribution in [2.45, 2.75) is 12.3 Å². The molecule has 3 nitrogen and oxygen atoms in total. The van der Waals surface area contributed by atoms with Crippen molar-refractivity contribution in [1.82, 2.24) is 9.88 Å². The fourth-order valence-electron chi connectivity index (χ4n) is 3.86. The Labute approximate surface area is 141 Å². The highest BCUT2D eigenvalue weighted by Gasteiger charge is 2.41. The van der Waals surface area contributed by atoms with Crippen molar-refractivity contribution in [2.75, 3.05) is 6.61 Å². The van der Waals surface area contributed by atoms with Gasteiger partial charge in [-0.1, -0.05) is 60.7 Å². The Morgan fingerprint density at radius 2 is 1.88 bits per heavy atom. The van der Waals surface area contributed by atoms with Crippen LogP contribution < -0.4 is 0 Å². The molecule has 1 aromatic carbocycles. The summed E-state index contributed by atoms with van der Waals surface area (Å²) in [4.78, 5) is 6.99. The molecule has 0 amide bonds. The summed E-state index contributed by atoms with van der Waals surface area (Å²) in [6.45, 7) is 0.739. The lowest BCUT2D eigenvalue weighted by Crippen LogP contribution is -2.49. The van der Waals surface area contributed by atoms with Crippen LogP contribution in [0.3, 0.4) is 0 Å². The van der Waals surface area contributed by atoms with Crippen molar-refractivity contribution in [3.05, 3.63) is 89.8 Å². The Morgan fingerprint density at radius 3 is 2.79 bits per heavy atom. The van der Waals surface area contributed by atoms with Crippen LogP contribution in [0.4, 0.5) is 0 Å². The molecular formula is C21H18N2O. The largest absolute Gasteiger partial charge is 0.353 e. The van der Waals surface area contributed by atoms with E-state index in [1.165, 1.54) is 11.3 Å². The monoisotopic (exact) mass is 314 g/mol. The predicted molar refractivity (Wildman–Crippen MR) is 94.6 cm³/mol. The van der Waals surface area contributed by atoms with Gasteiger partial charge in [-0.2, -0.15) is 0 Å². The summed E-state index contributed by atoms with van der Waals surface area (Å²) >= 11 is 0. The standard InChI is InChI=1S/C21H18N2O/c1-2-7-15(8-3-1)20-13-18-17(10-6-12-22-18)21-23(20)19-11-5-4-9-16(19)14-24-21/h1-13,16,19,21H,14H2. The Morgan fingerprint density at radius 1 is 1.00 bits per heavy atom. The van der Waals surface area contributed by atoms with E-state index in [1.54, 1.807) is 0 Å². The van der Waals surface area contributed by atoms with Gasteiger partial charge in [0.1, 0.15) is 0 Å². The minimum atomic E-state index is -0.0775. The van der Waals surface area contributed by atoms with Crippen molar-refractivity contribution < 1.29 is 4.74 Å². The van der Waals surface area contributed by atoms with Crippen LogP contribution in [0.5, 0.6) is 0 Å². The molecule has 1 saturated heterocycles. The lowest BCUT2D eigenvalue weighted by atomic mass is 9.88. The molecule has 1 aliphatic carbocycles. The van der Waals surface area contributed by atoms with Crippen LogP contribution in [0.25, 0.3) is 11.8 Å². The Bertz CT molecular complexity index is 853. The minimum absolute atomic E-state index is 0.0775. The van der Waals surface area contributed by atoms with Gasteiger partial charge in [0.15, 0.2) is 6.23 Å². The summed E-state index contributed by atoms with van der Waals surface area (Å²) < 4.78 is 6.29. The molecule has 1 aromatic heterocycles. The third-order valence-corrected chi connectivity index (χ3v) is 5.00. The quantitative estimate of drug-likeness (QED) is 0.794. The number of benzene rings is 1. The number of rotatable bonds is 1. The highest BCUT2D eigenvalue weighted by molar-refractivity contribution is 5.82. The van der Waals surface area contributed by atoms with Gasteiger partial charge in [-0.15, -0.1) is 0 Å². The number of pyridine rings is 1. The second-order valence-electron chi connectivity index (χ2n) is 6.39. The number of nitrogens with zero attached hydrogens (tertiary/aromatic N) is 2. The molecule has 5 rings (SSSR count). The van der Waals surface area contributed by atoms with Gasteiger partial charge in [0, 0.05) is 23.4 Å². The zero-order valence-corrected chi connectivity index (χ0v) is 13.2. The smallest absolute Gasteiger partial charge is 0.159 e. The average molecular weight is 314 g/mol. The topological polar surface area (TPSA) is 25.4 Å². The highest BCUT2D eigenvalue weighted by Crippen LogP contribution is 2.45. The van der Waals surface area contributed by atoms with Crippen LogP contribution in [0.15, 0.2) is 73.0 Å². The molecule has 0 saturated carbocycles. The average Bonchev–Trinajstić information content (AvgIpc) is 2.67. The maximum Gasteiger partial charge on any atom is 0.159 e. The second-order valence-corrected chi connectivity index (χ2v) is 6.39. The van der Waals surface area contributed by atoms with Crippen LogP contribution >= 0.6 is 0 Å². The Hall–Kier alpha value is -2.65. The summed E-state index contributed by atoms with van der Waals surface area (Å²) in [5.74, 6) is 0.386. The van der Waals surface area contributed by atoms with E-state index in [4.69, 9.17) is 4.74 Å². The van der Waals surface area contributed by atoms with Crippen LogP contribution in [0.2, 0.25) is 0 Å². The fourth-order valence-corrected chi connectivity index (χ4v) is 3.86. The van der Waals surface area contributed by atoms with Crippen molar-refractivity contribution in [2.24, 2.45) is 5.92 Å². The van der Waals surface area contributed by atoms with Crippen LogP contribution in [-0.2, 0) is 4.74 Å². The molecule has 3 heterocycles. The summed E-state index contributed by atoms with van der Waals surface area (Å²) in [6, 6.07) is 15.0. The molecule has 24 heavy (non-hydrogen) atoms. The number of hydrogen-bond donors (Lipinski definition) is 0. The first-order valence-corrected chi connectivity index (χ1v) is 8.39. The predicted octanol–water partition coefficient (Wildman–Crippen LogP) is 4.03. The van der Waals surface area contributed by atoms with Crippen molar-refractivity contribution in [1.29, 1.82) is 0 Å². The normalized spacial score (nSPS) is 27.1. The molecule has 3 aliphatic rings. The van der Waals surface area contributed by atoms with Crippen LogP contribution in [-0.4, -0.2) is 22.5 Å². The first kappa shape index (κ1) is 13.8. The first-order chi connectivity index (χ1) is 11.9. The molecule has 1 fully saturated rings. The molecule has 0 bridgehead atoms. The summed E-state index contributed by atoms with van der Waals surface area (Å²) in [5, 5.41) is 0. The van der Waals surface area contributed by atoms with E-state index < -0.39 is 0 Å². The van der Waals surface area contributed by atoms with Gasteiger partial charge < -0.3 is 9.64 Å². The van der Waals surface area contributed by atoms with Gasteiger partial charge in [-0.3, -0.25) is 4.98 Å². The van der Waals surface area contributed by atoms with E-state index in [0.717, 1.165) is 17.9 Å². The third kappa shape index (κ3) is 2.05. The SMILES string of the molecule is C1=CC2COC3c4cccnc4C=C(c4ccccc4)N3C2C=C1. The molecule has 3 unspecified atom stereocenters. The van der Waals surface area contributed by atoms with Gasteiger partial charge in [0.2, 0.25) is 0 Å². The minimum Gasteiger partial charge on any atom is -0.353 e. The Kier molecular flexibility index (Phi) is 3.13. The van der Waals surface area contributed by atoms with E-state index >= 15 is 0 Å². The molecule has 3 heteroatoms. The van der Waals surface area contributed by atoms with Crippen LogP contribution in [0, 0.1) is 5.92 Å². The maximum absolute atomic E-state index is 6.29. The summed E-state index contributed by atoms with van der Waals surface area (Å²) in [7, 11) is 0. The molecule has 118 valence electrons. The molecule has 0 N–H and O–H groups in total. The molecule has 0 radical (unpaired) electrons. The van der Waals surface area contributed by atoms with Gasteiger partial charge in [-0.05, 0) is 17.7 Å². The van der Waals surface area contributed by atoms with Crippen LogP contribution in [0.1, 0.15) is 23.0 Å². The van der Waals surface area contributed by atoms with E-state index in [9.17, 15) is 0 Å². The van der Waals surface area contributed by atoms with E-state index in [1.807, 2.05) is 12.3 Å². The third-order valence-electron chi connectivity index (χ3n) is 5.00. The van der Waals surface area contributed by atoms with Gasteiger partial charge in [-0.25, -0.2) is 0 Å². The number of allylic oxidation sites excluding steroid dienone is 2. The lowest BCUT2D eigenvalue weighted by molar-refractivity contribution is -0.106. The fraction of sp³-hybridized carbons (Fsp3) is 0.190. The summed E-state index contributed by atoms with van der Waals surface area (Å²) in [6.07, 6.45) is 12.8. The zero-order chi connectivity index (χ0) is 15.9. The molecule has 0 spiro atoms. The molecule has 3 atom stereocenters. The number of hydrogen-bond acceptors (Lipinski definition) is 3. The van der Waals surface area contributed by atoms with E-state index in [-0.39, 0.29) is 6.23 Å². The number of aromatic nitrogens is 1. The van der Waals surface area contributed by atoms with E-state index in [2.05, 4.69) is 76.7 Å². The molecule has 2 aromatic rings. The van der Waals surface area contributed by atoms with Crippen molar-refractivity contribution in [3.8, 4) is 0 Å². The van der Waals surface area contributed by atoms with E-state index in [0.29, 0.717) is 12.0 Å². The maximum atomic E-state index is 6.29. The lowest BCUT2D eigenvalue weighted by Gasteiger charge is -2.49.